The van der Waals surface area contributed by atoms with Crippen LogP contribution in [0.4, 0.5) is 4.79 Å². The quantitative estimate of drug-likeness (QED) is 0.132. The Bertz CT molecular complexity index is 1260. The Balaban J connectivity index is 2.35. The summed E-state index contributed by atoms with van der Waals surface area (Å²) < 4.78 is 45.1. The highest BCUT2D eigenvalue weighted by Gasteiger charge is 2.32. The van der Waals surface area contributed by atoms with Crippen molar-refractivity contribution in [2.24, 2.45) is 0 Å². The Morgan fingerprint density at radius 1 is 1.02 bits per heavy atom. The highest BCUT2D eigenvalue weighted by atomic mass is 35.5. The normalized spacial score (nSPS) is 13.5. The van der Waals surface area contributed by atoms with Crippen molar-refractivity contribution in [2.75, 3.05) is 34.7 Å². The van der Waals surface area contributed by atoms with E-state index in [0.29, 0.717) is 36.6 Å². The summed E-state index contributed by atoms with van der Waals surface area (Å²) >= 11 is 8.29. The molecular weight excluding hydrogens is 613 g/mol. The highest BCUT2D eigenvalue weighted by Crippen LogP contribution is 2.49. The van der Waals surface area contributed by atoms with E-state index < -0.39 is 24.8 Å². The number of benzene rings is 2. The molecule has 2 aromatic rings. The van der Waals surface area contributed by atoms with Crippen LogP contribution in [0.25, 0.3) is 0 Å². The van der Waals surface area contributed by atoms with Gasteiger partial charge >= 0.3 is 13.7 Å². The van der Waals surface area contributed by atoms with Crippen LogP contribution in [0.1, 0.15) is 59.4 Å². The van der Waals surface area contributed by atoms with Crippen LogP contribution in [-0.4, -0.2) is 52.0 Å². The van der Waals surface area contributed by atoms with E-state index in [1.54, 1.807) is 34.0 Å². The molecule has 1 N–H and O–H groups in total. The molecule has 0 aliphatic rings. The number of amides is 1. The fourth-order valence-electron chi connectivity index (χ4n) is 4.19. The van der Waals surface area contributed by atoms with E-state index in [-0.39, 0.29) is 6.79 Å². The van der Waals surface area contributed by atoms with E-state index in [1.807, 2.05) is 50.2 Å². The molecule has 0 aliphatic carbocycles. The molecule has 0 aromatic heterocycles. The predicted molar refractivity (Wildman–Crippen MR) is 172 cm³/mol. The molecule has 0 heterocycles. The van der Waals surface area contributed by atoms with Gasteiger partial charge in [-0.2, -0.15) is 0 Å². The molecule has 12 heteroatoms. The number of carbonyl (C=O) groups is 1. The van der Waals surface area contributed by atoms with E-state index >= 15 is 0 Å². The lowest BCUT2D eigenvalue weighted by Crippen LogP contribution is -2.49. The molecule has 0 bridgehead atoms. The summed E-state index contributed by atoms with van der Waals surface area (Å²) in [7, 11) is 0.724. The van der Waals surface area contributed by atoms with Crippen LogP contribution in [0.5, 0.6) is 11.5 Å². The van der Waals surface area contributed by atoms with E-state index in [1.165, 1.54) is 31.8 Å². The molecule has 240 valence electrons. The maximum atomic E-state index is 12.9. The van der Waals surface area contributed by atoms with Gasteiger partial charge in [0, 0.05) is 37.1 Å². The second-order valence-corrected chi connectivity index (χ2v) is 14.3. The van der Waals surface area contributed by atoms with Gasteiger partial charge in [0.2, 0.25) is 0 Å². The van der Waals surface area contributed by atoms with Crippen molar-refractivity contribution in [2.45, 2.75) is 81.2 Å². The van der Waals surface area contributed by atoms with Gasteiger partial charge in [-0.15, -0.1) is 0 Å². The smallest absolute Gasteiger partial charge is 0.408 e. The lowest BCUT2D eigenvalue weighted by Gasteiger charge is -2.33. The summed E-state index contributed by atoms with van der Waals surface area (Å²) in [6, 6.07) is 11.5. The standard InChI is InChI=1S/C31H45ClNO8PS/c1-9-16-31(18-19-42(35,37-7)38-8,33-29(34)41-30(3,4)5)17-15-23-11-13-25(21-26(23)32)43-28-20-24(39-10-2)12-14-27(28)40-22-36-6/h11-14,18-21H,9-10,15-17,22H2,1-8H3,(H,33,34)/t31-/m0/s1. The van der Waals surface area contributed by atoms with Gasteiger partial charge < -0.3 is 33.3 Å². The molecule has 0 unspecified atom stereocenters. The van der Waals surface area contributed by atoms with Crippen molar-refractivity contribution in [3.63, 3.8) is 0 Å². The molecule has 0 saturated carbocycles. The summed E-state index contributed by atoms with van der Waals surface area (Å²) in [5, 5.41) is 3.60. The number of hydrogen-bond acceptors (Lipinski definition) is 9. The zero-order chi connectivity index (χ0) is 32.1. The van der Waals surface area contributed by atoms with Crippen LogP contribution >= 0.6 is 31.0 Å². The maximum absolute atomic E-state index is 12.9. The summed E-state index contributed by atoms with van der Waals surface area (Å²) in [6.45, 7) is 10.0. The lowest BCUT2D eigenvalue weighted by atomic mass is 9.87. The zero-order valence-electron chi connectivity index (χ0n) is 26.4. The largest absolute Gasteiger partial charge is 0.494 e. The fourth-order valence-corrected chi connectivity index (χ4v) is 6.36. The van der Waals surface area contributed by atoms with Crippen LogP contribution in [0.15, 0.2) is 58.1 Å². The average Bonchev–Trinajstić information content (AvgIpc) is 2.94. The van der Waals surface area contributed by atoms with E-state index in [9.17, 15) is 9.36 Å². The van der Waals surface area contributed by atoms with Crippen LogP contribution in [0.3, 0.4) is 0 Å². The minimum absolute atomic E-state index is 0.122. The third kappa shape index (κ3) is 12.4. The first-order valence-electron chi connectivity index (χ1n) is 14.1. The van der Waals surface area contributed by atoms with Gasteiger partial charge in [-0.1, -0.05) is 48.8 Å². The van der Waals surface area contributed by atoms with Gasteiger partial charge in [-0.25, -0.2) is 4.79 Å². The third-order valence-electron chi connectivity index (χ3n) is 6.18. The molecule has 0 radical (unpaired) electrons. The second kappa shape index (κ2) is 17.3. The van der Waals surface area contributed by atoms with Crippen LogP contribution in [-0.2, 0) is 29.5 Å². The first kappa shape index (κ1) is 37.0. The molecule has 0 saturated heterocycles. The molecule has 1 amide bonds. The monoisotopic (exact) mass is 657 g/mol. The topological polar surface area (TPSA) is 102 Å². The van der Waals surface area contributed by atoms with Crippen molar-refractivity contribution >= 4 is 37.1 Å². The van der Waals surface area contributed by atoms with Crippen molar-refractivity contribution in [1.82, 2.24) is 5.32 Å². The van der Waals surface area contributed by atoms with E-state index in [4.69, 9.17) is 39.6 Å². The van der Waals surface area contributed by atoms with Crippen LogP contribution in [0.2, 0.25) is 5.02 Å². The second-order valence-electron chi connectivity index (χ2n) is 10.7. The molecule has 9 nitrogen and oxygen atoms in total. The number of hydrogen-bond donors (Lipinski definition) is 1. The van der Waals surface area contributed by atoms with Gasteiger partial charge in [0.1, 0.15) is 17.1 Å². The first-order chi connectivity index (χ1) is 20.3. The summed E-state index contributed by atoms with van der Waals surface area (Å²) in [6.07, 6.45) is 3.40. The van der Waals surface area contributed by atoms with Crippen molar-refractivity contribution in [3.05, 3.63) is 58.9 Å². The van der Waals surface area contributed by atoms with Gasteiger partial charge in [0.05, 0.1) is 17.0 Å². The number of ether oxygens (including phenoxy) is 4. The van der Waals surface area contributed by atoms with Gasteiger partial charge in [-0.3, -0.25) is 4.57 Å². The van der Waals surface area contributed by atoms with Crippen LogP contribution < -0.4 is 14.8 Å². The number of rotatable bonds is 17. The molecular formula is C31H45ClNO8PS. The number of alkyl carbamates (subject to hydrolysis) is 1. The Morgan fingerprint density at radius 2 is 1.74 bits per heavy atom. The number of halogens is 1. The number of aryl methyl sites for hydroxylation is 1. The van der Waals surface area contributed by atoms with Gasteiger partial charge in [-0.05, 0) is 82.9 Å². The van der Waals surface area contributed by atoms with Crippen molar-refractivity contribution < 1.29 is 37.4 Å². The number of methoxy groups -OCH3 is 1. The maximum Gasteiger partial charge on any atom is 0.408 e. The predicted octanol–water partition coefficient (Wildman–Crippen LogP) is 8.87. The number of nitrogens with one attached hydrogen (secondary N) is 1. The van der Waals surface area contributed by atoms with Gasteiger partial charge in [0.25, 0.3) is 0 Å². The SMILES string of the molecule is CCC[C@@](C=CP(=O)(OC)OC)(CCc1ccc(Sc2cc(OCC)ccc2OCOC)cc1Cl)NC(=O)OC(C)(C)C. The third-order valence-corrected chi connectivity index (χ3v) is 9.09. The summed E-state index contributed by atoms with van der Waals surface area (Å²) in [5.41, 5.74) is -0.687. The van der Waals surface area contributed by atoms with E-state index in [0.717, 1.165) is 27.5 Å². The average molecular weight is 658 g/mol. The molecule has 2 rings (SSSR count). The Morgan fingerprint density at radius 3 is 2.33 bits per heavy atom. The molecule has 0 aliphatic heterocycles. The molecule has 43 heavy (non-hydrogen) atoms. The molecule has 0 spiro atoms. The van der Waals surface area contributed by atoms with Crippen molar-refractivity contribution in [1.29, 1.82) is 0 Å². The van der Waals surface area contributed by atoms with Crippen molar-refractivity contribution in [3.8, 4) is 11.5 Å². The minimum atomic E-state index is -3.48. The summed E-state index contributed by atoms with van der Waals surface area (Å²) in [4.78, 5) is 14.7. The summed E-state index contributed by atoms with van der Waals surface area (Å²) in [5.74, 6) is 2.80. The Kier molecular flexibility index (Phi) is 14.9. The first-order valence-corrected chi connectivity index (χ1v) is 16.9. The lowest BCUT2D eigenvalue weighted by molar-refractivity contribution is 0.0467. The van der Waals surface area contributed by atoms with Crippen LogP contribution in [0, 0.1) is 0 Å². The molecule has 1 atom stereocenters. The Labute approximate surface area is 265 Å². The fraction of sp³-hybridized carbons (Fsp3) is 0.516. The zero-order valence-corrected chi connectivity index (χ0v) is 28.8. The number of carbonyl (C=O) groups excluding carboxylic acids is 1. The van der Waals surface area contributed by atoms with Gasteiger partial charge in [0.15, 0.2) is 6.79 Å². The minimum Gasteiger partial charge on any atom is -0.494 e. The van der Waals surface area contributed by atoms with E-state index in [2.05, 4.69) is 5.32 Å². The molecule has 2 aromatic carbocycles. The Hall–Kier alpha value is -2.20. The highest BCUT2D eigenvalue weighted by molar-refractivity contribution is 7.99. The molecule has 0 fully saturated rings.